The van der Waals surface area contributed by atoms with Gasteiger partial charge in [-0.3, -0.25) is 0 Å². The molecule has 0 saturated carbocycles. The molecule has 0 bridgehead atoms. The van der Waals surface area contributed by atoms with Gasteiger partial charge in [-0.2, -0.15) is 0 Å². The average Bonchev–Trinajstić information content (AvgIpc) is 0.918. The van der Waals surface area contributed by atoms with Crippen molar-refractivity contribution in [3.63, 3.8) is 0 Å². The third-order valence-electron chi connectivity index (χ3n) is 0. The Balaban J connectivity index is 0. The molecule has 0 amide bonds. The molecule has 0 N–H and O–H groups in total. The number of hydrogen-bond donors (Lipinski definition) is 0. The van der Waals surface area contributed by atoms with E-state index in [0.717, 1.165) is 24.5 Å². The van der Waals surface area contributed by atoms with Gasteiger partial charge >= 0.3 is 29.3 Å². The molecule has 0 saturated heterocycles. The molecule has 0 atom stereocenters. The minimum Gasteiger partial charge on any atom is 0 e. The molecule has 1 nitrogen and oxygen atoms in total. The van der Waals surface area contributed by atoms with Crippen LogP contribution in [0, 0.1) is 37.7 Å². The van der Waals surface area contributed by atoms with E-state index in [4.69, 9.17) is 4.79 Å². The molecule has 0 radical (unpaired) electrons. The van der Waals surface area contributed by atoms with Crippen LogP contribution in [0.25, 0.3) is 0 Å². The molecule has 0 heterocycles. The summed E-state index contributed by atoms with van der Waals surface area (Å²) < 4.78 is 0.833. The fourth-order valence-corrected chi connectivity index (χ4v) is 0. The fourth-order valence-electron chi connectivity index (χ4n) is 0. The molecule has 0 fully saturated rings. The van der Waals surface area contributed by atoms with Gasteiger partial charge in [0.25, 0.3) is 0 Å². The first kappa shape index (κ1) is 9.15. The predicted octanol–water partition coefficient (Wildman–Crippen LogP) is -0.277. The third-order valence-corrected chi connectivity index (χ3v) is 0. The molecular formula is CHArOW. The Kier molecular flexibility index (Phi) is 20.2. The zero-order valence-corrected chi connectivity index (χ0v) is 5.39. The summed E-state index contributed by atoms with van der Waals surface area (Å²) in [6.07, 6.45) is 0. The maximum Gasteiger partial charge on any atom is 0 e. The maximum atomic E-state index is 8.84. The fraction of sp³-hybridized carbons (Fsp3) is 0. The van der Waals surface area contributed by atoms with Crippen molar-refractivity contribution < 1.29 is 62.3 Å². The van der Waals surface area contributed by atoms with Gasteiger partial charge in [0, 0.05) is 37.7 Å². The molecule has 0 aromatic rings. The second-order valence-corrected chi connectivity index (χ2v) is 0.788. The second-order valence-electron chi connectivity index (χ2n) is 0.0962. The zero-order valence-electron chi connectivity index (χ0n) is 1.75. The molecule has 0 spiro atoms. The maximum absolute atomic E-state index is 8.84. The summed E-state index contributed by atoms with van der Waals surface area (Å²) in [6.45, 7) is 0. The number of carbonyl (C=O) groups is 1. The predicted molar refractivity (Wildman–Crippen MR) is 6.75 cm³/mol. The zero-order chi connectivity index (χ0) is 2.71. The van der Waals surface area contributed by atoms with Crippen molar-refractivity contribution in [3.05, 3.63) is 0 Å². The van der Waals surface area contributed by atoms with Crippen LogP contribution in [0.3, 0.4) is 0 Å². The van der Waals surface area contributed by atoms with Gasteiger partial charge in [0.2, 0.25) is 0 Å². The molecule has 4 heavy (non-hydrogen) atoms. The summed E-state index contributed by atoms with van der Waals surface area (Å²) >= 11 is 0.991. The van der Waals surface area contributed by atoms with Crippen LogP contribution < -0.4 is 0 Å². The summed E-state index contributed by atoms with van der Waals surface area (Å²) in [5.74, 6) is 0. The summed E-state index contributed by atoms with van der Waals surface area (Å²) in [4.78, 5) is 8.84. The standard InChI is InChI=1S/CHO.Ar.W/c1-2;;/h1H;;. The van der Waals surface area contributed by atoms with Crippen LogP contribution in [-0.4, -0.2) is 4.68 Å². The van der Waals surface area contributed by atoms with Crippen molar-refractivity contribution in [2.24, 2.45) is 0 Å². The van der Waals surface area contributed by atoms with Crippen LogP contribution in [0.2, 0.25) is 0 Å². The Labute approximate surface area is 66.0 Å². The summed E-state index contributed by atoms with van der Waals surface area (Å²) in [7, 11) is 0. The van der Waals surface area contributed by atoms with E-state index in [1.165, 1.54) is 0 Å². The quantitative estimate of drug-likeness (QED) is 0.543. The first-order valence-corrected chi connectivity index (χ1v) is 2.17. The van der Waals surface area contributed by atoms with Gasteiger partial charge in [-0.15, -0.1) is 0 Å². The van der Waals surface area contributed by atoms with E-state index < -0.39 is 0 Å². The van der Waals surface area contributed by atoms with Crippen LogP contribution in [0.1, 0.15) is 0 Å². The van der Waals surface area contributed by atoms with Crippen LogP contribution in [0.4, 0.5) is 0 Å². The SMILES string of the molecule is O=[CH][W].[Ar]. The molecule has 25 valence electrons. The number of carbonyl (C=O) groups excluding carboxylic acids is 1. The Hall–Kier alpha value is 1.62. The average molecular weight is 253 g/mol. The van der Waals surface area contributed by atoms with E-state index in [1.54, 1.807) is 0 Å². The van der Waals surface area contributed by atoms with Crippen molar-refractivity contribution >= 4 is 4.68 Å². The molecule has 0 aliphatic rings. The molecule has 0 aromatic heterocycles. The van der Waals surface area contributed by atoms with Crippen molar-refractivity contribution in [2.75, 3.05) is 0 Å². The first-order valence-electron chi connectivity index (χ1n) is 0.471. The third kappa shape index (κ3) is 9.47. The van der Waals surface area contributed by atoms with Crippen molar-refractivity contribution in [2.45, 2.75) is 0 Å². The molecule has 0 aliphatic heterocycles. The Morgan fingerprint density at radius 3 is 1.75 bits per heavy atom. The van der Waals surface area contributed by atoms with Gasteiger partial charge < -0.3 is 0 Å². The van der Waals surface area contributed by atoms with Crippen LogP contribution in [-0.2, 0) is 24.6 Å². The number of hydrogen-bond acceptors (Lipinski definition) is 1. The van der Waals surface area contributed by atoms with Crippen LogP contribution >= 0.6 is 0 Å². The van der Waals surface area contributed by atoms with Gasteiger partial charge in [0.1, 0.15) is 0 Å². The Bertz CT molecular complexity index is 15.5. The molecule has 0 unspecified atom stereocenters. The molecular weight excluding hydrogens is 252 g/mol. The topological polar surface area (TPSA) is 17.1 Å². The van der Waals surface area contributed by atoms with Crippen molar-refractivity contribution in [1.82, 2.24) is 0 Å². The van der Waals surface area contributed by atoms with Crippen LogP contribution in [0.5, 0.6) is 0 Å². The molecule has 3 heteroatoms. The minimum absolute atomic E-state index is 0. The van der Waals surface area contributed by atoms with Gasteiger partial charge in [-0.1, -0.05) is 0 Å². The van der Waals surface area contributed by atoms with E-state index in [0.29, 0.717) is 0 Å². The minimum atomic E-state index is 0. The summed E-state index contributed by atoms with van der Waals surface area (Å²) in [5, 5.41) is 0. The van der Waals surface area contributed by atoms with E-state index in [9.17, 15) is 0 Å². The smallest absolute Gasteiger partial charge is 0 e. The molecule has 0 aromatic carbocycles. The van der Waals surface area contributed by atoms with E-state index >= 15 is 0 Å². The Morgan fingerprint density at radius 2 is 1.75 bits per heavy atom. The van der Waals surface area contributed by atoms with E-state index in [2.05, 4.69) is 0 Å². The van der Waals surface area contributed by atoms with Crippen LogP contribution in [0.15, 0.2) is 0 Å². The number of rotatable bonds is 0. The first-order chi connectivity index (χ1) is 1.41. The van der Waals surface area contributed by atoms with Crippen molar-refractivity contribution in [1.29, 1.82) is 0 Å². The van der Waals surface area contributed by atoms with E-state index in [-0.39, 0.29) is 37.7 Å². The van der Waals surface area contributed by atoms with Gasteiger partial charge in [-0.25, -0.2) is 0 Å². The van der Waals surface area contributed by atoms with Crippen molar-refractivity contribution in [3.8, 4) is 0 Å². The molecule has 0 aliphatic carbocycles. The normalized spacial score (nSPS) is 3.00. The van der Waals surface area contributed by atoms with Gasteiger partial charge in [0.15, 0.2) is 0 Å². The summed E-state index contributed by atoms with van der Waals surface area (Å²) in [5.41, 5.74) is 0. The monoisotopic (exact) mass is 253 g/mol. The Morgan fingerprint density at radius 1 is 1.75 bits per heavy atom. The van der Waals surface area contributed by atoms with Gasteiger partial charge in [0.05, 0.1) is 0 Å². The van der Waals surface area contributed by atoms with E-state index in [1.807, 2.05) is 0 Å². The molecule has 0 rings (SSSR count). The van der Waals surface area contributed by atoms with Gasteiger partial charge in [-0.05, 0) is 0 Å². The summed E-state index contributed by atoms with van der Waals surface area (Å²) in [6, 6.07) is 0. The largest absolute Gasteiger partial charge is 0 e. The second kappa shape index (κ2) is 8.82.